The van der Waals surface area contributed by atoms with E-state index < -0.39 is 0 Å². The Balaban J connectivity index is 0.837. The molecule has 6 nitrogen and oxygen atoms in total. The Morgan fingerprint density at radius 1 is 0.239 bits per heavy atom. The van der Waals surface area contributed by atoms with E-state index in [1.807, 2.05) is 0 Å². The molecule has 16 rings (SSSR count). The third-order valence-corrected chi connectivity index (χ3v) is 19.2. The van der Waals surface area contributed by atoms with E-state index in [1.54, 1.807) is 0 Å². The standard InChI is InChI=1S/C86H76N4O2/c1-83(2,3)53-43-54(84(4,5)6)46-63(45-53)89-73-29-21-19-27-65(73)69-49-59(31-37-75(69)89)87(57-23-15-13-16-24-57)61-33-39-77-71(51-61)81-67-35-42-80-82(68(67)36-41-79(81)91-77)72-52-62(34-40-78(72)92-80)88(58-25-17-14-18-26-58)60-32-38-76-70(50-60)66-28-20-22-30-74(66)90(76)64-47-55(85(7,8)9)44-56(48-64)86(10,11)12/h13-52H,1-12H3. The van der Waals surface area contributed by atoms with Crippen molar-refractivity contribution in [2.24, 2.45) is 0 Å². The molecule has 92 heavy (non-hydrogen) atoms. The molecule has 0 unspecified atom stereocenters. The number of aromatic nitrogens is 2. The first kappa shape index (κ1) is 56.9. The molecule has 0 atom stereocenters. The third-order valence-electron chi connectivity index (χ3n) is 19.2. The van der Waals surface area contributed by atoms with Gasteiger partial charge in [0, 0.05) is 88.6 Å². The number of hydrogen-bond donors (Lipinski definition) is 0. The zero-order valence-corrected chi connectivity index (χ0v) is 54.7. The predicted molar refractivity (Wildman–Crippen MR) is 391 cm³/mol. The number of anilines is 6. The van der Waals surface area contributed by atoms with E-state index in [1.165, 1.54) is 77.2 Å². The fraction of sp³-hybridized carbons (Fsp3) is 0.186. The number of nitrogens with zero attached hydrogens (tertiary/aromatic N) is 4. The van der Waals surface area contributed by atoms with Crippen LogP contribution in [0.5, 0.6) is 0 Å². The van der Waals surface area contributed by atoms with E-state index in [9.17, 15) is 0 Å². The lowest BCUT2D eigenvalue weighted by Crippen LogP contribution is -2.17. The highest BCUT2D eigenvalue weighted by molar-refractivity contribution is 6.28. The normalized spacial score (nSPS) is 12.8. The van der Waals surface area contributed by atoms with Crippen LogP contribution in [0, 0.1) is 0 Å². The molecule has 12 aromatic carbocycles. The molecule has 0 bridgehead atoms. The maximum Gasteiger partial charge on any atom is 0.136 e. The molecule has 6 heteroatoms. The predicted octanol–water partition coefficient (Wildman–Crippen LogP) is 25.0. The monoisotopic (exact) mass is 1200 g/mol. The molecule has 0 aliphatic carbocycles. The highest BCUT2D eigenvalue weighted by Crippen LogP contribution is 2.48. The van der Waals surface area contributed by atoms with Crippen LogP contribution in [0.4, 0.5) is 34.1 Å². The van der Waals surface area contributed by atoms with Crippen LogP contribution >= 0.6 is 0 Å². The molecule has 0 amide bonds. The van der Waals surface area contributed by atoms with Gasteiger partial charge in [-0.2, -0.15) is 0 Å². The number of hydrogen-bond acceptors (Lipinski definition) is 4. The Morgan fingerprint density at radius 2 is 0.543 bits per heavy atom. The Kier molecular flexibility index (Phi) is 12.7. The molecular weight excluding hydrogens is 1120 g/mol. The van der Waals surface area contributed by atoms with E-state index in [-0.39, 0.29) is 21.7 Å². The minimum Gasteiger partial charge on any atom is -0.456 e. The van der Waals surface area contributed by atoms with Crippen LogP contribution in [0.2, 0.25) is 0 Å². The van der Waals surface area contributed by atoms with Gasteiger partial charge in [0.05, 0.1) is 22.1 Å². The Hall–Kier alpha value is -10.3. The zero-order chi connectivity index (χ0) is 63.3. The Bertz CT molecular complexity index is 5210. The van der Waals surface area contributed by atoms with Crippen LogP contribution in [0.15, 0.2) is 251 Å². The van der Waals surface area contributed by atoms with Crippen molar-refractivity contribution in [1.29, 1.82) is 0 Å². The number of furan rings is 2. The average molecular weight is 1200 g/mol. The maximum absolute atomic E-state index is 6.81. The summed E-state index contributed by atoms with van der Waals surface area (Å²) in [6.45, 7) is 27.8. The van der Waals surface area contributed by atoms with Gasteiger partial charge in [-0.15, -0.1) is 0 Å². The van der Waals surface area contributed by atoms with Gasteiger partial charge in [0.15, 0.2) is 0 Å². The second kappa shape index (κ2) is 20.6. The fourth-order valence-electron chi connectivity index (χ4n) is 14.2. The van der Waals surface area contributed by atoms with Gasteiger partial charge in [-0.1, -0.05) is 168 Å². The fourth-order valence-corrected chi connectivity index (χ4v) is 14.2. The highest BCUT2D eigenvalue weighted by atomic mass is 16.3. The Labute approximate surface area is 538 Å². The summed E-state index contributed by atoms with van der Waals surface area (Å²) in [6, 6.07) is 89.7. The number of rotatable bonds is 8. The van der Waals surface area contributed by atoms with Crippen LogP contribution in [0.25, 0.3) is 110 Å². The van der Waals surface area contributed by atoms with Gasteiger partial charge in [0.2, 0.25) is 0 Å². The van der Waals surface area contributed by atoms with Crippen molar-refractivity contribution < 1.29 is 8.83 Å². The summed E-state index contributed by atoms with van der Waals surface area (Å²) < 4.78 is 18.6. The molecule has 0 saturated carbocycles. The molecule has 0 spiro atoms. The van der Waals surface area contributed by atoms with Crippen LogP contribution in [-0.2, 0) is 21.7 Å². The van der Waals surface area contributed by atoms with Gasteiger partial charge in [0.25, 0.3) is 0 Å². The van der Waals surface area contributed by atoms with Crippen molar-refractivity contribution in [3.63, 3.8) is 0 Å². The van der Waals surface area contributed by atoms with Crippen LogP contribution < -0.4 is 9.80 Å². The molecule has 0 fully saturated rings. The largest absolute Gasteiger partial charge is 0.456 e. The summed E-state index contributed by atoms with van der Waals surface area (Å²) in [7, 11) is 0. The van der Waals surface area contributed by atoms with E-state index in [2.05, 4.69) is 345 Å². The van der Waals surface area contributed by atoms with E-state index in [0.29, 0.717) is 0 Å². The molecule has 452 valence electrons. The molecule has 0 radical (unpaired) electrons. The quantitative estimate of drug-likeness (QED) is 0.152. The first-order valence-electron chi connectivity index (χ1n) is 32.5. The zero-order valence-electron chi connectivity index (χ0n) is 54.7. The van der Waals surface area contributed by atoms with Gasteiger partial charge < -0.3 is 27.8 Å². The van der Waals surface area contributed by atoms with Crippen molar-refractivity contribution >= 4 is 132 Å². The molecule has 0 saturated heterocycles. The minimum absolute atomic E-state index is 0.0246. The summed E-state index contributed by atoms with van der Waals surface area (Å²) in [5.41, 5.74) is 22.0. The topological polar surface area (TPSA) is 42.6 Å². The van der Waals surface area contributed by atoms with E-state index in [4.69, 9.17) is 8.83 Å². The Morgan fingerprint density at radius 3 is 0.902 bits per heavy atom. The second-order valence-corrected chi connectivity index (χ2v) is 29.5. The summed E-state index contributed by atoms with van der Waals surface area (Å²) >= 11 is 0. The maximum atomic E-state index is 6.81. The van der Waals surface area contributed by atoms with Crippen molar-refractivity contribution in [1.82, 2.24) is 9.13 Å². The number of fused-ring (bicyclic) bond motifs is 15. The summed E-state index contributed by atoms with van der Waals surface area (Å²) in [5, 5.41) is 11.3. The van der Waals surface area contributed by atoms with Gasteiger partial charge >= 0.3 is 0 Å². The second-order valence-electron chi connectivity index (χ2n) is 29.5. The van der Waals surface area contributed by atoms with Crippen molar-refractivity contribution in [3.8, 4) is 11.4 Å². The van der Waals surface area contributed by atoms with E-state index in [0.717, 1.165) is 88.8 Å². The van der Waals surface area contributed by atoms with Gasteiger partial charge in [0.1, 0.15) is 22.3 Å². The number of para-hydroxylation sites is 4. The van der Waals surface area contributed by atoms with Crippen LogP contribution in [0.1, 0.15) is 105 Å². The van der Waals surface area contributed by atoms with Gasteiger partial charge in [-0.3, -0.25) is 0 Å². The van der Waals surface area contributed by atoms with Gasteiger partial charge in [-0.25, -0.2) is 0 Å². The molecule has 0 aliphatic heterocycles. The lowest BCUT2D eigenvalue weighted by atomic mass is 9.80. The summed E-state index contributed by atoms with van der Waals surface area (Å²) in [4.78, 5) is 4.78. The molecular formula is C86H76N4O2. The minimum atomic E-state index is -0.0246. The van der Waals surface area contributed by atoms with Crippen molar-refractivity contribution in [3.05, 3.63) is 265 Å². The third kappa shape index (κ3) is 9.36. The SMILES string of the molecule is CC(C)(C)c1cc(-n2c3ccccc3c3cc(N(c4ccccc4)c4ccc5oc6ccc7c(ccc8oc9ccc(N(c%10ccccc%10)c%10ccc%11c(c%10)c%10ccccc%10n%11-c%10cc(C(C)(C)C)cc(C(C)(C)C)c%10)cc9c87)c6c5c4)ccc32)cc(C(C)(C)C)c1. The van der Waals surface area contributed by atoms with Gasteiger partial charge in [-0.05, 0) is 212 Å². The summed E-state index contributed by atoms with van der Waals surface area (Å²) in [6.07, 6.45) is 0. The van der Waals surface area contributed by atoms with E-state index >= 15 is 0 Å². The van der Waals surface area contributed by atoms with Crippen molar-refractivity contribution in [2.45, 2.75) is 105 Å². The average Bonchev–Trinajstić information content (AvgIpc) is 1.57. The molecule has 4 aromatic heterocycles. The number of benzene rings is 12. The lowest BCUT2D eigenvalue weighted by molar-refractivity contribution is 0.567. The first-order chi connectivity index (χ1) is 44.1. The summed E-state index contributed by atoms with van der Waals surface area (Å²) in [5.74, 6) is 0. The molecule has 0 N–H and O–H groups in total. The highest BCUT2D eigenvalue weighted by Gasteiger charge is 2.28. The molecule has 0 aliphatic rings. The molecule has 16 aromatic rings. The van der Waals surface area contributed by atoms with Crippen LogP contribution in [0.3, 0.4) is 0 Å². The smallest absolute Gasteiger partial charge is 0.136 e. The van der Waals surface area contributed by atoms with Crippen molar-refractivity contribution in [2.75, 3.05) is 9.80 Å². The molecule has 4 heterocycles. The lowest BCUT2D eigenvalue weighted by Gasteiger charge is -2.27. The van der Waals surface area contributed by atoms with Crippen LogP contribution in [-0.4, -0.2) is 9.13 Å². The first-order valence-corrected chi connectivity index (χ1v) is 32.5.